The molecule has 0 aliphatic heterocycles. The van der Waals surface area contributed by atoms with Gasteiger partial charge in [-0.1, -0.05) is 44.0 Å². The fraction of sp³-hybridized carbons (Fsp3) is 0.243. The van der Waals surface area contributed by atoms with Gasteiger partial charge in [-0.25, -0.2) is 14.4 Å². The number of hydrogen-bond acceptors (Lipinski definition) is 10. The maximum atomic E-state index is 13.4. The highest BCUT2D eigenvalue weighted by molar-refractivity contribution is 5.93. The largest absolute Gasteiger partial charge is 0.425 e. The second-order valence-electron chi connectivity index (χ2n) is 11.4. The van der Waals surface area contributed by atoms with Gasteiger partial charge in [0.1, 0.15) is 23.0 Å². The summed E-state index contributed by atoms with van der Waals surface area (Å²) in [5, 5.41) is 0. The van der Waals surface area contributed by atoms with Crippen molar-refractivity contribution in [2.24, 2.45) is 5.41 Å². The highest BCUT2D eigenvalue weighted by Gasteiger charge is 2.31. The van der Waals surface area contributed by atoms with E-state index in [4.69, 9.17) is 28.4 Å². The van der Waals surface area contributed by atoms with E-state index in [-0.39, 0.29) is 52.9 Å². The van der Waals surface area contributed by atoms with Crippen molar-refractivity contribution >= 4 is 23.9 Å². The van der Waals surface area contributed by atoms with E-state index in [1.165, 1.54) is 28.1 Å². The molecule has 0 aliphatic carbocycles. The maximum absolute atomic E-state index is 13.4. The Morgan fingerprint density at radius 3 is 1.43 bits per heavy atom. The first kappa shape index (κ1) is 36.2. The van der Waals surface area contributed by atoms with Crippen LogP contribution in [-0.2, 0) is 28.7 Å². The molecule has 47 heavy (non-hydrogen) atoms. The van der Waals surface area contributed by atoms with Gasteiger partial charge in [0, 0.05) is 36.5 Å². The average Bonchev–Trinajstić information content (AvgIpc) is 3.02. The van der Waals surface area contributed by atoms with Gasteiger partial charge in [0.2, 0.25) is 0 Å². The van der Waals surface area contributed by atoms with Gasteiger partial charge >= 0.3 is 23.9 Å². The average molecular weight is 643 g/mol. The topological polar surface area (TPSA) is 124 Å². The van der Waals surface area contributed by atoms with Gasteiger partial charge in [0.15, 0.2) is 0 Å². The van der Waals surface area contributed by atoms with Crippen LogP contribution < -0.4 is 18.9 Å². The molecule has 0 radical (unpaired) electrons. The van der Waals surface area contributed by atoms with Gasteiger partial charge in [0.05, 0.1) is 24.2 Å². The van der Waals surface area contributed by atoms with Crippen molar-refractivity contribution in [3.63, 3.8) is 0 Å². The minimum atomic E-state index is -1.01. The van der Waals surface area contributed by atoms with Gasteiger partial charge in [-0.05, 0) is 75.2 Å². The van der Waals surface area contributed by atoms with E-state index in [2.05, 4.69) is 19.7 Å². The van der Waals surface area contributed by atoms with Crippen LogP contribution in [0, 0.1) is 5.41 Å². The molecule has 3 aromatic carbocycles. The maximum Gasteiger partial charge on any atom is 0.341 e. The SMILES string of the molecule is C=C(C)C(=O)Oc1ccc(-c2cc(OC(=O)C(C)(C)COC)c(-c3ccc(OC(=O)C(=C)C)cc3)cc2OC(=O)C(=C)COC)cc1. The van der Waals surface area contributed by atoms with Crippen LogP contribution in [0.1, 0.15) is 27.7 Å². The Kier molecular flexibility index (Phi) is 12.1. The van der Waals surface area contributed by atoms with Crippen LogP contribution in [0.5, 0.6) is 23.0 Å². The van der Waals surface area contributed by atoms with Gasteiger partial charge in [0.25, 0.3) is 0 Å². The first-order chi connectivity index (χ1) is 22.2. The van der Waals surface area contributed by atoms with Crippen LogP contribution >= 0.6 is 0 Å². The van der Waals surface area contributed by atoms with Crippen molar-refractivity contribution < 1.29 is 47.6 Å². The number of rotatable bonds is 14. The number of carbonyl (C=O) groups is 4. The first-order valence-electron chi connectivity index (χ1n) is 14.4. The molecular weight excluding hydrogens is 604 g/mol. The second-order valence-corrected chi connectivity index (χ2v) is 11.4. The van der Waals surface area contributed by atoms with Crippen molar-refractivity contribution in [2.45, 2.75) is 27.7 Å². The standard InChI is InChI=1S/C37H38O10/c1-22(2)33(38)44-27-14-10-25(11-15-27)29-19-32(47-36(41)37(6,7)21-43-9)30(18-31(29)46-35(40)24(5)20-42-8)26-12-16-28(17-13-26)45-34(39)23(3)4/h10-19H,1,3,5,20-21H2,2,4,6-9H3. The predicted molar refractivity (Wildman–Crippen MR) is 176 cm³/mol. The first-order valence-corrected chi connectivity index (χ1v) is 14.4. The zero-order valence-electron chi connectivity index (χ0n) is 27.4. The molecule has 0 spiro atoms. The third kappa shape index (κ3) is 9.59. The summed E-state index contributed by atoms with van der Waals surface area (Å²) in [6, 6.07) is 16.0. The molecular formula is C37H38O10. The molecule has 0 aliphatic rings. The van der Waals surface area contributed by atoms with E-state index in [0.29, 0.717) is 22.3 Å². The molecule has 0 saturated carbocycles. The van der Waals surface area contributed by atoms with Crippen molar-refractivity contribution in [1.29, 1.82) is 0 Å². The summed E-state index contributed by atoms with van der Waals surface area (Å²) in [5.41, 5.74) is 1.40. The molecule has 10 heteroatoms. The molecule has 0 N–H and O–H groups in total. The molecule has 3 aromatic rings. The van der Waals surface area contributed by atoms with Crippen LogP contribution in [0.2, 0.25) is 0 Å². The minimum absolute atomic E-state index is 0.0571. The van der Waals surface area contributed by atoms with Gasteiger partial charge in [-0.2, -0.15) is 0 Å². The lowest BCUT2D eigenvalue weighted by molar-refractivity contribution is -0.146. The summed E-state index contributed by atoms with van der Waals surface area (Å²) in [6.07, 6.45) is 0. The Bertz CT molecular complexity index is 1700. The van der Waals surface area contributed by atoms with E-state index in [1.54, 1.807) is 74.5 Å². The number of methoxy groups -OCH3 is 2. The molecule has 0 atom stereocenters. The summed E-state index contributed by atoms with van der Waals surface area (Å²) in [4.78, 5) is 50.5. The highest BCUT2D eigenvalue weighted by atomic mass is 16.6. The molecule has 0 heterocycles. The summed E-state index contributed by atoms with van der Waals surface area (Å²) in [7, 11) is 2.91. The number of benzene rings is 3. The molecule has 0 fully saturated rings. The smallest absolute Gasteiger partial charge is 0.341 e. The van der Waals surface area contributed by atoms with Crippen LogP contribution in [0.15, 0.2) is 97.1 Å². The van der Waals surface area contributed by atoms with Crippen molar-refractivity contribution in [3.8, 4) is 45.3 Å². The number of hydrogen-bond donors (Lipinski definition) is 0. The molecule has 10 nitrogen and oxygen atoms in total. The summed E-state index contributed by atoms with van der Waals surface area (Å²) < 4.78 is 32.7. The lowest BCUT2D eigenvalue weighted by atomic mass is 9.94. The monoisotopic (exact) mass is 642 g/mol. The minimum Gasteiger partial charge on any atom is -0.425 e. The Morgan fingerprint density at radius 2 is 1.04 bits per heavy atom. The Hall–Kier alpha value is -5.32. The number of carbonyl (C=O) groups excluding carboxylic acids is 4. The third-order valence-corrected chi connectivity index (χ3v) is 6.60. The molecule has 0 amide bonds. The summed E-state index contributed by atoms with van der Waals surface area (Å²) in [5.74, 6) is -1.67. The zero-order chi connectivity index (χ0) is 34.9. The molecule has 246 valence electrons. The van der Waals surface area contributed by atoms with E-state index in [9.17, 15) is 19.2 Å². The Morgan fingerprint density at radius 1 is 0.617 bits per heavy atom. The molecule has 3 rings (SSSR count). The molecule has 0 saturated heterocycles. The Balaban J connectivity index is 2.21. The van der Waals surface area contributed by atoms with Gasteiger partial charge < -0.3 is 28.4 Å². The van der Waals surface area contributed by atoms with E-state index >= 15 is 0 Å². The summed E-state index contributed by atoms with van der Waals surface area (Å²) >= 11 is 0. The zero-order valence-corrected chi connectivity index (χ0v) is 27.4. The third-order valence-electron chi connectivity index (χ3n) is 6.60. The van der Waals surface area contributed by atoms with E-state index < -0.39 is 29.3 Å². The van der Waals surface area contributed by atoms with Crippen molar-refractivity contribution in [2.75, 3.05) is 27.4 Å². The van der Waals surface area contributed by atoms with Crippen LogP contribution in [0.25, 0.3) is 22.3 Å². The van der Waals surface area contributed by atoms with Crippen molar-refractivity contribution in [3.05, 3.63) is 97.1 Å². The van der Waals surface area contributed by atoms with E-state index in [0.717, 1.165) is 0 Å². The normalized spacial score (nSPS) is 10.9. The predicted octanol–water partition coefficient (Wildman–Crippen LogP) is 6.67. The van der Waals surface area contributed by atoms with Gasteiger partial charge in [-0.3, -0.25) is 4.79 Å². The fourth-order valence-electron chi connectivity index (χ4n) is 4.04. The molecule has 0 aromatic heterocycles. The fourth-order valence-corrected chi connectivity index (χ4v) is 4.04. The highest BCUT2D eigenvalue weighted by Crippen LogP contribution is 2.43. The second kappa shape index (κ2) is 15.8. The lowest BCUT2D eigenvalue weighted by Crippen LogP contribution is -2.33. The van der Waals surface area contributed by atoms with Crippen LogP contribution in [0.3, 0.4) is 0 Å². The van der Waals surface area contributed by atoms with E-state index in [1.807, 2.05) is 0 Å². The molecule has 0 unspecified atom stereocenters. The van der Waals surface area contributed by atoms with Crippen molar-refractivity contribution in [1.82, 2.24) is 0 Å². The van der Waals surface area contributed by atoms with Crippen LogP contribution in [-0.4, -0.2) is 51.3 Å². The Labute approximate surface area is 274 Å². The van der Waals surface area contributed by atoms with Gasteiger partial charge in [-0.15, -0.1) is 0 Å². The summed E-state index contributed by atoms with van der Waals surface area (Å²) in [6.45, 7) is 17.4. The lowest BCUT2D eigenvalue weighted by Gasteiger charge is -2.23. The number of ether oxygens (including phenoxy) is 6. The molecule has 0 bridgehead atoms. The quantitative estimate of drug-likeness (QED) is 0.107. The number of esters is 4. The van der Waals surface area contributed by atoms with Crippen LogP contribution in [0.4, 0.5) is 0 Å².